The minimum Gasteiger partial charge on any atom is -0.497 e. The summed E-state index contributed by atoms with van der Waals surface area (Å²) in [6, 6.07) is 8.09. The van der Waals surface area contributed by atoms with Crippen LogP contribution < -0.4 is 15.0 Å². The monoisotopic (exact) mass is 298 g/mol. The number of hydrogen-bond acceptors (Lipinski definition) is 5. The van der Waals surface area contributed by atoms with Crippen molar-refractivity contribution in [3.8, 4) is 5.75 Å². The Morgan fingerprint density at radius 2 is 1.64 bits per heavy atom. The Kier molecular flexibility index (Phi) is 4.85. The molecule has 1 saturated heterocycles. The van der Waals surface area contributed by atoms with Crippen molar-refractivity contribution < 1.29 is 4.74 Å². The molecule has 1 aromatic carbocycles. The third-order valence-electron chi connectivity index (χ3n) is 3.90. The van der Waals surface area contributed by atoms with Crippen LogP contribution >= 0.6 is 0 Å². The van der Waals surface area contributed by atoms with Gasteiger partial charge in [0.15, 0.2) is 0 Å². The minimum absolute atomic E-state index is 0.770. The maximum Gasteiger partial charge on any atom is 0.225 e. The van der Waals surface area contributed by atoms with Gasteiger partial charge in [0.05, 0.1) is 7.11 Å². The summed E-state index contributed by atoms with van der Waals surface area (Å²) in [6.07, 6.45) is 6.33. The summed E-state index contributed by atoms with van der Waals surface area (Å²) in [5.74, 6) is 1.74. The number of aromatic nitrogens is 2. The minimum atomic E-state index is 0.770. The summed E-state index contributed by atoms with van der Waals surface area (Å²) in [7, 11) is 1.68. The van der Waals surface area contributed by atoms with E-state index in [1.807, 2.05) is 24.5 Å². The molecule has 1 aromatic heterocycles. The fourth-order valence-corrected chi connectivity index (χ4v) is 2.61. The van der Waals surface area contributed by atoms with E-state index in [-0.39, 0.29) is 0 Å². The van der Waals surface area contributed by atoms with E-state index in [4.69, 9.17) is 4.74 Å². The standard InChI is InChI=1S/C17H22N4O/c1-22-16-6-4-14(5-7-16)10-18-11-15-12-19-17(20-13-15)21-8-2-3-9-21/h4-7,12-13,18H,2-3,8-11H2,1H3. The predicted molar refractivity (Wildman–Crippen MR) is 87.0 cm³/mol. The van der Waals surface area contributed by atoms with E-state index in [9.17, 15) is 0 Å². The van der Waals surface area contributed by atoms with Crippen molar-refractivity contribution in [1.82, 2.24) is 15.3 Å². The molecule has 0 spiro atoms. The normalized spacial score (nSPS) is 14.3. The van der Waals surface area contributed by atoms with Gasteiger partial charge in [0.1, 0.15) is 5.75 Å². The molecule has 1 fully saturated rings. The van der Waals surface area contributed by atoms with Gasteiger partial charge < -0.3 is 15.0 Å². The molecule has 5 nitrogen and oxygen atoms in total. The Bertz CT molecular complexity index is 577. The smallest absolute Gasteiger partial charge is 0.225 e. The Morgan fingerprint density at radius 3 is 2.27 bits per heavy atom. The highest BCUT2D eigenvalue weighted by Crippen LogP contribution is 2.15. The molecule has 0 radical (unpaired) electrons. The molecule has 0 bridgehead atoms. The first-order chi connectivity index (χ1) is 10.8. The van der Waals surface area contributed by atoms with Crippen LogP contribution in [0.1, 0.15) is 24.0 Å². The third kappa shape index (κ3) is 3.74. The Labute approximate surface area is 131 Å². The summed E-state index contributed by atoms with van der Waals surface area (Å²) in [4.78, 5) is 11.2. The molecule has 3 rings (SSSR count). The largest absolute Gasteiger partial charge is 0.497 e. The van der Waals surface area contributed by atoms with Crippen LogP contribution in [-0.2, 0) is 13.1 Å². The van der Waals surface area contributed by atoms with Crippen LogP contribution in [0.4, 0.5) is 5.95 Å². The molecule has 0 saturated carbocycles. The Hall–Kier alpha value is -2.14. The van der Waals surface area contributed by atoms with Crippen LogP contribution in [0.3, 0.4) is 0 Å². The number of nitrogens with one attached hydrogen (secondary N) is 1. The molecule has 0 amide bonds. The van der Waals surface area contributed by atoms with Crippen molar-refractivity contribution >= 4 is 5.95 Å². The fourth-order valence-electron chi connectivity index (χ4n) is 2.61. The molecule has 0 aliphatic carbocycles. The number of anilines is 1. The summed E-state index contributed by atoms with van der Waals surface area (Å²) in [5, 5.41) is 3.41. The molecule has 2 heterocycles. The number of hydrogen-bond donors (Lipinski definition) is 1. The lowest BCUT2D eigenvalue weighted by atomic mass is 10.2. The van der Waals surface area contributed by atoms with E-state index < -0.39 is 0 Å². The van der Waals surface area contributed by atoms with Crippen molar-refractivity contribution in [3.63, 3.8) is 0 Å². The van der Waals surface area contributed by atoms with Crippen LogP contribution in [-0.4, -0.2) is 30.2 Å². The van der Waals surface area contributed by atoms with Crippen LogP contribution in [0.25, 0.3) is 0 Å². The van der Waals surface area contributed by atoms with Crippen LogP contribution in [0, 0.1) is 0 Å². The van der Waals surface area contributed by atoms with Gasteiger partial charge in [-0.05, 0) is 30.5 Å². The SMILES string of the molecule is COc1ccc(CNCc2cnc(N3CCCC3)nc2)cc1. The van der Waals surface area contributed by atoms with E-state index in [1.54, 1.807) is 7.11 Å². The van der Waals surface area contributed by atoms with Gasteiger partial charge in [0.25, 0.3) is 0 Å². The van der Waals surface area contributed by atoms with Gasteiger partial charge in [-0.1, -0.05) is 12.1 Å². The van der Waals surface area contributed by atoms with Crippen LogP contribution in [0.5, 0.6) is 5.75 Å². The highest BCUT2D eigenvalue weighted by Gasteiger charge is 2.14. The summed E-state index contributed by atoms with van der Waals surface area (Å²) >= 11 is 0. The second kappa shape index (κ2) is 7.22. The zero-order chi connectivity index (χ0) is 15.2. The number of rotatable bonds is 6. The molecule has 2 aromatic rings. The lowest BCUT2D eigenvalue weighted by molar-refractivity contribution is 0.414. The highest BCUT2D eigenvalue weighted by atomic mass is 16.5. The van der Waals surface area contributed by atoms with Crippen molar-refractivity contribution in [1.29, 1.82) is 0 Å². The molecular weight excluding hydrogens is 276 g/mol. The van der Waals surface area contributed by atoms with E-state index in [0.29, 0.717) is 0 Å². The van der Waals surface area contributed by atoms with Gasteiger partial charge in [-0.15, -0.1) is 0 Å². The van der Waals surface area contributed by atoms with Crippen LogP contribution in [0.15, 0.2) is 36.7 Å². The van der Waals surface area contributed by atoms with Gasteiger partial charge in [0.2, 0.25) is 5.95 Å². The van der Waals surface area contributed by atoms with E-state index in [1.165, 1.54) is 18.4 Å². The average Bonchev–Trinajstić information content (AvgIpc) is 3.11. The van der Waals surface area contributed by atoms with Gasteiger partial charge in [-0.3, -0.25) is 0 Å². The van der Waals surface area contributed by atoms with E-state index >= 15 is 0 Å². The summed E-state index contributed by atoms with van der Waals surface area (Å²) in [6.45, 7) is 3.74. The highest BCUT2D eigenvalue weighted by molar-refractivity contribution is 5.31. The summed E-state index contributed by atoms with van der Waals surface area (Å²) < 4.78 is 5.16. The number of nitrogens with zero attached hydrogens (tertiary/aromatic N) is 3. The topological polar surface area (TPSA) is 50.3 Å². The first-order valence-electron chi connectivity index (χ1n) is 7.74. The van der Waals surface area contributed by atoms with Gasteiger partial charge in [-0.25, -0.2) is 9.97 Å². The Morgan fingerprint density at radius 1 is 1.00 bits per heavy atom. The number of benzene rings is 1. The van der Waals surface area contributed by atoms with Crippen molar-refractivity contribution in [3.05, 3.63) is 47.8 Å². The molecular formula is C17H22N4O. The van der Waals surface area contributed by atoms with Gasteiger partial charge in [0, 0.05) is 44.1 Å². The molecule has 1 aliphatic heterocycles. The molecule has 22 heavy (non-hydrogen) atoms. The molecule has 1 N–H and O–H groups in total. The van der Waals surface area contributed by atoms with Crippen molar-refractivity contribution in [2.24, 2.45) is 0 Å². The first-order valence-corrected chi connectivity index (χ1v) is 7.74. The number of ether oxygens (including phenoxy) is 1. The Balaban J connectivity index is 1.48. The second-order valence-corrected chi connectivity index (χ2v) is 5.54. The predicted octanol–water partition coefficient (Wildman–Crippen LogP) is 2.38. The second-order valence-electron chi connectivity index (χ2n) is 5.54. The first kappa shape index (κ1) is 14.8. The maximum absolute atomic E-state index is 5.16. The quantitative estimate of drug-likeness (QED) is 0.887. The number of methoxy groups -OCH3 is 1. The van der Waals surface area contributed by atoms with Crippen molar-refractivity contribution in [2.45, 2.75) is 25.9 Å². The molecule has 0 unspecified atom stereocenters. The third-order valence-corrected chi connectivity index (χ3v) is 3.90. The molecule has 1 aliphatic rings. The average molecular weight is 298 g/mol. The van der Waals surface area contributed by atoms with Crippen LogP contribution in [0.2, 0.25) is 0 Å². The van der Waals surface area contributed by atoms with E-state index in [0.717, 1.165) is 43.4 Å². The van der Waals surface area contributed by atoms with E-state index in [2.05, 4.69) is 32.3 Å². The fraction of sp³-hybridized carbons (Fsp3) is 0.412. The molecule has 5 heteroatoms. The zero-order valence-electron chi connectivity index (χ0n) is 13.0. The van der Waals surface area contributed by atoms with Gasteiger partial charge >= 0.3 is 0 Å². The lowest BCUT2D eigenvalue weighted by Crippen LogP contribution is -2.20. The van der Waals surface area contributed by atoms with Gasteiger partial charge in [-0.2, -0.15) is 0 Å². The zero-order valence-corrected chi connectivity index (χ0v) is 13.0. The lowest BCUT2D eigenvalue weighted by Gasteiger charge is -2.14. The van der Waals surface area contributed by atoms with Crippen molar-refractivity contribution in [2.75, 3.05) is 25.1 Å². The molecule has 116 valence electrons. The summed E-state index contributed by atoms with van der Waals surface area (Å²) in [5.41, 5.74) is 2.34. The maximum atomic E-state index is 5.16. The molecule has 0 atom stereocenters.